The van der Waals surface area contributed by atoms with Crippen molar-refractivity contribution < 1.29 is 14.3 Å². The highest BCUT2D eigenvalue weighted by atomic mass is 16.7. The molecule has 0 aromatic carbocycles. The number of rotatable bonds is 7. The lowest BCUT2D eigenvalue weighted by molar-refractivity contribution is -0.162. The second-order valence-electron chi connectivity index (χ2n) is 4.18. The van der Waals surface area contributed by atoms with E-state index in [9.17, 15) is 4.79 Å². The van der Waals surface area contributed by atoms with Gasteiger partial charge in [-0.2, -0.15) is 0 Å². The van der Waals surface area contributed by atoms with Crippen LogP contribution in [0.5, 0.6) is 0 Å². The van der Waals surface area contributed by atoms with Gasteiger partial charge in [-0.05, 0) is 39.0 Å². The van der Waals surface area contributed by atoms with Crippen LogP contribution in [0.25, 0.3) is 0 Å². The van der Waals surface area contributed by atoms with Crippen molar-refractivity contribution in [3.63, 3.8) is 0 Å². The monoisotopic (exact) mass is 214 g/mol. The molecular formula is C12H22O3. The van der Waals surface area contributed by atoms with Crippen LogP contribution in [0.4, 0.5) is 0 Å². The Bertz CT molecular complexity index is 174. The molecule has 1 aliphatic rings. The number of unbranched alkanes of at least 4 members (excludes halogenated alkanes) is 2. The normalized spacial score (nSPS) is 21.5. The Hall–Kier alpha value is -0.410. The summed E-state index contributed by atoms with van der Waals surface area (Å²) >= 11 is 0. The van der Waals surface area contributed by atoms with E-state index < -0.39 is 0 Å². The van der Waals surface area contributed by atoms with E-state index in [4.69, 9.17) is 9.47 Å². The Labute approximate surface area is 92.1 Å². The number of Topliss-reactive ketones (excluding diaryl/α,β-unsaturated/α-hetero) is 1. The van der Waals surface area contributed by atoms with E-state index in [-0.39, 0.29) is 12.1 Å². The molecule has 3 nitrogen and oxygen atoms in total. The average Bonchev–Trinajstić information content (AvgIpc) is 2.24. The molecule has 88 valence electrons. The minimum absolute atomic E-state index is 0.0338. The summed E-state index contributed by atoms with van der Waals surface area (Å²) in [5.74, 6) is 0.284. The van der Waals surface area contributed by atoms with E-state index in [0.717, 1.165) is 38.9 Å². The summed E-state index contributed by atoms with van der Waals surface area (Å²) < 4.78 is 11.0. The largest absolute Gasteiger partial charge is 0.353 e. The van der Waals surface area contributed by atoms with Gasteiger partial charge in [0, 0.05) is 19.6 Å². The molecule has 0 aromatic rings. The molecule has 1 atom stereocenters. The van der Waals surface area contributed by atoms with Crippen molar-refractivity contribution in [2.75, 3.05) is 13.2 Å². The van der Waals surface area contributed by atoms with E-state index in [0.29, 0.717) is 6.42 Å². The number of hydrogen-bond acceptors (Lipinski definition) is 3. The van der Waals surface area contributed by atoms with Crippen LogP contribution in [0.1, 0.15) is 51.9 Å². The van der Waals surface area contributed by atoms with Gasteiger partial charge < -0.3 is 14.3 Å². The molecule has 1 saturated heterocycles. The summed E-state index contributed by atoms with van der Waals surface area (Å²) in [6.07, 6.45) is 7.26. The SMILES string of the molecule is CC(=O)CCCCCOC1CCCCO1. The van der Waals surface area contributed by atoms with Gasteiger partial charge in [-0.25, -0.2) is 0 Å². The van der Waals surface area contributed by atoms with Crippen molar-refractivity contribution in [2.45, 2.75) is 58.2 Å². The fourth-order valence-corrected chi connectivity index (χ4v) is 1.71. The number of ether oxygens (including phenoxy) is 2. The van der Waals surface area contributed by atoms with Crippen LogP contribution in [0, 0.1) is 0 Å². The van der Waals surface area contributed by atoms with Crippen LogP contribution in [-0.2, 0) is 14.3 Å². The number of carbonyl (C=O) groups excluding carboxylic acids is 1. The summed E-state index contributed by atoms with van der Waals surface area (Å²) in [6, 6.07) is 0. The number of carbonyl (C=O) groups is 1. The Morgan fingerprint density at radius 3 is 2.87 bits per heavy atom. The van der Waals surface area contributed by atoms with Gasteiger partial charge in [0.1, 0.15) is 5.78 Å². The van der Waals surface area contributed by atoms with Crippen molar-refractivity contribution in [2.24, 2.45) is 0 Å². The maximum absolute atomic E-state index is 10.7. The molecule has 15 heavy (non-hydrogen) atoms. The summed E-state index contributed by atoms with van der Waals surface area (Å²) in [7, 11) is 0. The Morgan fingerprint density at radius 1 is 1.33 bits per heavy atom. The maximum atomic E-state index is 10.7. The number of hydrogen-bond donors (Lipinski definition) is 0. The molecule has 1 rings (SSSR count). The molecule has 0 saturated carbocycles. The molecule has 0 N–H and O–H groups in total. The van der Waals surface area contributed by atoms with Crippen LogP contribution in [-0.4, -0.2) is 25.3 Å². The molecule has 1 heterocycles. The fourth-order valence-electron chi connectivity index (χ4n) is 1.71. The van der Waals surface area contributed by atoms with E-state index in [1.807, 2.05) is 0 Å². The second kappa shape index (κ2) is 7.83. The van der Waals surface area contributed by atoms with Gasteiger partial charge in [-0.15, -0.1) is 0 Å². The molecule has 0 bridgehead atoms. The van der Waals surface area contributed by atoms with Crippen molar-refractivity contribution in [1.82, 2.24) is 0 Å². The maximum Gasteiger partial charge on any atom is 0.157 e. The van der Waals surface area contributed by atoms with Gasteiger partial charge in [-0.1, -0.05) is 6.42 Å². The molecule has 0 amide bonds. The minimum atomic E-state index is 0.0338. The first-order chi connectivity index (χ1) is 7.29. The first kappa shape index (κ1) is 12.7. The first-order valence-electron chi connectivity index (χ1n) is 6.01. The second-order valence-corrected chi connectivity index (χ2v) is 4.18. The summed E-state index contributed by atoms with van der Waals surface area (Å²) in [5, 5.41) is 0. The lowest BCUT2D eigenvalue weighted by Gasteiger charge is -2.22. The van der Waals surface area contributed by atoms with E-state index >= 15 is 0 Å². The highest BCUT2D eigenvalue weighted by molar-refractivity contribution is 5.75. The quantitative estimate of drug-likeness (QED) is 0.611. The predicted octanol–water partition coefficient (Wildman–Crippen LogP) is 2.68. The summed E-state index contributed by atoms with van der Waals surface area (Å²) in [6.45, 7) is 3.25. The molecular weight excluding hydrogens is 192 g/mol. The topological polar surface area (TPSA) is 35.5 Å². The Morgan fingerprint density at radius 2 is 2.20 bits per heavy atom. The average molecular weight is 214 g/mol. The van der Waals surface area contributed by atoms with Gasteiger partial charge in [0.15, 0.2) is 6.29 Å². The molecule has 0 radical (unpaired) electrons. The highest BCUT2D eigenvalue weighted by Crippen LogP contribution is 2.14. The standard InChI is InChI=1S/C12H22O3/c1-11(13)7-3-2-5-9-14-12-8-4-6-10-15-12/h12H,2-10H2,1H3. The van der Waals surface area contributed by atoms with Gasteiger partial charge in [0.2, 0.25) is 0 Å². The van der Waals surface area contributed by atoms with Crippen LogP contribution in [0.15, 0.2) is 0 Å². The lowest BCUT2D eigenvalue weighted by Crippen LogP contribution is -2.22. The van der Waals surface area contributed by atoms with Gasteiger partial charge in [-0.3, -0.25) is 0 Å². The van der Waals surface area contributed by atoms with Crippen LogP contribution < -0.4 is 0 Å². The first-order valence-corrected chi connectivity index (χ1v) is 6.01. The smallest absolute Gasteiger partial charge is 0.157 e. The Kier molecular flexibility index (Phi) is 6.60. The third-order valence-corrected chi connectivity index (χ3v) is 2.61. The minimum Gasteiger partial charge on any atom is -0.353 e. The van der Waals surface area contributed by atoms with Crippen molar-refractivity contribution in [3.8, 4) is 0 Å². The van der Waals surface area contributed by atoms with E-state index in [2.05, 4.69) is 0 Å². The van der Waals surface area contributed by atoms with Gasteiger partial charge in [0.25, 0.3) is 0 Å². The van der Waals surface area contributed by atoms with Crippen molar-refractivity contribution >= 4 is 5.78 Å². The van der Waals surface area contributed by atoms with Crippen LogP contribution in [0.3, 0.4) is 0 Å². The molecule has 0 aliphatic carbocycles. The zero-order valence-electron chi connectivity index (χ0n) is 9.67. The van der Waals surface area contributed by atoms with Gasteiger partial charge in [0.05, 0.1) is 0 Å². The molecule has 1 aliphatic heterocycles. The Balaban J connectivity index is 1.85. The third-order valence-electron chi connectivity index (χ3n) is 2.61. The molecule has 0 aromatic heterocycles. The molecule has 1 unspecified atom stereocenters. The van der Waals surface area contributed by atoms with E-state index in [1.165, 1.54) is 12.8 Å². The summed E-state index contributed by atoms with van der Waals surface area (Å²) in [4.78, 5) is 10.7. The lowest BCUT2D eigenvalue weighted by atomic mass is 10.1. The molecule has 3 heteroatoms. The summed E-state index contributed by atoms with van der Waals surface area (Å²) in [5.41, 5.74) is 0. The molecule has 1 fully saturated rings. The third kappa shape index (κ3) is 6.63. The van der Waals surface area contributed by atoms with Gasteiger partial charge >= 0.3 is 0 Å². The van der Waals surface area contributed by atoms with E-state index in [1.54, 1.807) is 6.92 Å². The zero-order valence-corrected chi connectivity index (χ0v) is 9.67. The van der Waals surface area contributed by atoms with Crippen molar-refractivity contribution in [1.29, 1.82) is 0 Å². The molecule has 0 spiro atoms. The zero-order chi connectivity index (χ0) is 10.9. The van der Waals surface area contributed by atoms with Crippen molar-refractivity contribution in [3.05, 3.63) is 0 Å². The van der Waals surface area contributed by atoms with Crippen LogP contribution in [0.2, 0.25) is 0 Å². The highest BCUT2D eigenvalue weighted by Gasteiger charge is 2.13. The number of ketones is 1. The van der Waals surface area contributed by atoms with Crippen LogP contribution >= 0.6 is 0 Å². The fraction of sp³-hybridized carbons (Fsp3) is 0.917. The predicted molar refractivity (Wildman–Crippen MR) is 58.7 cm³/mol.